The van der Waals surface area contributed by atoms with Crippen molar-refractivity contribution in [2.75, 3.05) is 6.61 Å². The van der Waals surface area contributed by atoms with Crippen molar-refractivity contribution in [2.45, 2.75) is 37.9 Å². The van der Waals surface area contributed by atoms with Gasteiger partial charge in [-0.15, -0.1) is 0 Å². The van der Waals surface area contributed by atoms with Crippen LogP contribution in [-0.2, 0) is 9.47 Å². The normalized spacial score (nSPS) is 37.1. The first-order valence-corrected chi connectivity index (χ1v) is 4.38. The van der Waals surface area contributed by atoms with Crippen LogP contribution in [0.15, 0.2) is 12.3 Å². The molecule has 2 heterocycles. The van der Waals surface area contributed by atoms with Gasteiger partial charge in [0.05, 0.1) is 12.9 Å². The molecule has 0 radical (unpaired) electrons. The van der Waals surface area contributed by atoms with Gasteiger partial charge < -0.3 is 9.47 Å². The fraction of sp³-hybridized carbons (Fsp3) is 0.778. The van der Waals surface area contributed by atoms with Gasteiger partial charge in [-0.1, -0.05) is 0 Å². The van der Waals surface area contributed by atoms with Crippen molar-refractivity contribution in [2.24, 2.45) is 0 Å². The Balaban J connectivity index is 2.01. The van der Waals surface area contributed by atoms with Crippen LogP contribution in [0.4, 0.5) is 0 Å². The fourth-order valence-corrected chi connectivity index (χ4v) is 1.72. The zero-order valence-electron chi connectivity index (χ0n) is 6.71. The molecule has 2 heteroatoms. The van der Waals surface area contributed by atoms with Crippen LogP contribution in [0, 0.1) is 0 Å². The van der Waals surface area contributed by atoms with Crippen LogP contribution < -0.4 is 0 Å². The molecule has 2 aliphatic heterocycles. The third-order valence-electron chi connectivity index (χ3n) is 2.39. The minimum Gasteiger partial charge on any atom is -0.470 e. The van der Waals surface area contributed by atoms with Crippen molar-refractivity contribution in [3.8, 4) is 0 Å². The average Bonchev–Trinajstić information content (AvgIpc) is 2.07. The van der Waals surface area contributed by atoms with E-state index < -0.39 is 0 Å². The number of rotatable bonds is 0. The Bertz CT molecular complexity index is 157. The second-order valence-corrected chi connectivity index (χ2v) is 3.24. The van der Waals surface area contributed by atoms with Crippen LogP contribution in [0.25, 0.3) is 0 Å². The molecule has 0 saturated carbocycles. The van der Waals surface area contributed by atoms with E-state index in [1.165, 1.54) is 12.8 Å². The standard InChI is InChI=1S/C9H14O2/c1-3-7-10-9(5-1)6-2-4-8-11-9/h3,7H,1-2,4-6,8H2/t9-/m0/s1. The molecule has 0 N–H and O–H groups in total. The van der Waals surface area contributed by atoms with Crippen LogP contribution in [0.3, 0.4) is 0 Å². The molecule has 0 aromatic rings. The number of hydrogen-bond donors (Lipinski definition) is 0. The van der Waals surface area contributed by atoms with Crippen molar-refractivity contribution >= 4 is 0 Å². The van der Waals surface area contributed by atoms with E-state index in [2.05, 4.69) is 6.08 Å². The van der Waals surface area contributed by atoms with Crippen molar-refractivity contribution in [1.29, 1.82) is 0 Å². The van der Waals surface area contributed by atoms with Crippen LogP contribution in [0.5, 0.6) is 0 Å². The third kappa shape index (κ3) is 1.41. The van der Waals surface area contributed by atoms with Gasteiger partial charge in [-0.3, -0.25) is 0 Å². The lowest BCUT2D eigenvalue weighted by molar-refractivity contribution is -0.235. The average molecular weight is 154 g/mol. The van der Waals surface area contributed by atoms with Gasteiger partial charge in [0.1, 0.15) is 0 Å². The number of allylic oxidation sites excluding steroid dienone is 1. The van der Waals surface area contributed by atoms with E-state index in [-0.39, 0.29) is 5.79 Å². The van der Waals surface area contributed by atoms with E-state index in [4.69, 9.17) is 9.47 Å². The van der Waals surface area contributed by atoms with Crippen molar-refractivity contribution in [3.05, 3.63) is 12.3 Å². The Morgan fingerprint density at radius 1 is 1.18 bits per heavy atom. The molecule has 0 aromatic heterocycles. The van der Waals surface area contributed by atoms with Gasteiger partial charge in [-0.05, 0) is 25.3 Å². The summed E-state index contributed by atoms with van der Waals surface area (Å²) in [6.45, 7) is 0.869. The molecule has 11 heavy (non-hydrogen) atoms. The molecule has 0 unspecified atom stereocenters. The molecular weight excluding hydrogens is 140 g/mol. The molecule has 1 spiro atoms. The molecule has 0 bridgehead atoms. The van der Waals surface area contributed by atoms with Gasteiger partial charge in [0, 0.05) is 12.8 Å². The lowest BCUT2D eigenvalue weighted by atomic mass is 9.99. The summed E-state index contributed by atoms with van der Waals surface area (Å²) in [6.07, 6.45) is 9.47. The zero-order valence-corrected chi connectivity index (χ0v) is 6.71. The third-order valence-corrected chi connectivity index (χ3v) is 2.39. The molecule has 1 saturated heterocycles. The summed E-state index contributed by atoms with van der Waals surface area (Å²) in [5.74, 6) is -0.229. The number of hydrogen-bond acceptors (Lipinski definition) is 2. The highest BCUT2D eigenvalue weighted by Crippen LogP contribution is 2.33. The maximum atomic E-state index is 5.63. The second kappa shape index (κ2) is 2.86. The summed E-state index contributed by atoms with van der Waals surface area (Å²) in [5.41, 5.74) is 0. The Morgan fingerprint density at radius 2 is 2.18 bits per heavy atom. The fourth-order valence-electron chi connectivity index (χ4n) is 1.72. The second-order valence-electron chi connectivity index (χ2n) is 3.24. The Morgan fingerprint density at radius 3 is 2.82 bits per heavy atom. The highest BCUT2D eigenvalue weighted by Gasteiger charge is 2.34. The van der Waals surface area contributed by atoms with Gasteiger partial charge in [0.25, 0.3) is 0 Å². The molecule has 62 valence electrons. The lowest BCUT2D eigenvalue weighted by Gasteiger charge is -2.37. The minimum atomic E-state index is -0.229. The highest BCUT2D eigenvalue weighted by atomic mass is 16.7. The first-order chi connectivity index (χ1) is 5.41. The summed E-state index contributed by atoms with van der Waals surface area (Å²) in [5, 5.41) is 0. The minimum absolute atomic E-state index is 0.229. The molecule has 0 amide bonds. The first-order valence-electron chi connectivity index (χ1n) is 4.38. The van der Waals surface area contributed by atoms with Gasteiger partial charge in [-0.25, -0.2) is 0 Å². The molecule has 2 rings (SSSR count). The number of ether oxygens (including phenoxy) is 2. The molecule has 0 aliphatic carbocycles. The maximum absolute atomic E-state index is 5.63. The van der Waals surface area contributed by atoms with Gasteiger partial charge in [-0.2, -0.15) is 0 Å². The Kier molecular flexibility index (Phi) is 1.86. The Labute approximate surface area is 67.2 Å². The van der Waals surface area contributed by atoms with Gasteiger partial charge in [0.2, 0.25) is 5.79 Å². The van der Waals surface area contributed by atoms with E-state index in [1.54, 1.807) is 6.26 Å². The SMILES string of the molecule is C1=CO[C@]2(CC1)CCCCO2. The molecule has 0 aromatic carbocycles. The van der Waals surface area contributed by atoms with E-state index in [0.717, 1.165) is 25.9 Å². The lowest BCUT2D eigenvalue weighted by Crippen LogP contribution is -2.38. The van der Waals surface area contributed by atoms with Crippen molar-refractivity contribution < 1.29 is 9.47 Å². The monoisotopic (exact) mass is 154 g/mol. The van der Waals surface area contributed by atoms with Crippen LogP contribution in [0.1, 0.15) is 32.1 Å². The van der Waals surface area contributed by atoms with Crippen LogP contribution >= 0.6 is 0 Å². The predicted octanol–water partition coefficient (Wildman–Crippen LogP) is 2.21. The van der Waals surface area contributed by atoms with Crippen LogP contribution in [-0.4, -0.2) is 12.4 Å². The summed E-state index contributed by atoms with van der Waals surface area (Å²) in [6, 6.07) is 0. The van der Waals surface area contributed by atoms with E-state index in [0.29, 0.717) is 0 Å². The Hall–Kier alpha value is -0.500. The first kappa shape index (κ1) is 7.17. The van der Waals surface area contributed by atoms with E-state index in [9.17, 15) is 0 Å². The quantitative estimate of drug-likeness (QED) is 0.532. The highest BCUT2D eigenvalue weighted by molar-refractivity contribution is 4.88. The molecule has 1 atom stereocenters. The summed E-state index contributed by atoms with van der Waals surface area (Å²) >= 11 is 0. The summed E-state index contributed by atoms with van der Waals surface area (Å²) in [4.78, 5) is 0. The van der Waals surface area contributed by atoms with Crippen LogP contribution in [0.2, 0.25) is 0 Å². The van der Waals surface area contributed by atoms with E-state index >= 15 is 0 Å². The van der Waals surface area contributed by atoms with E-state index in [1.807, 2.05) is 0 Å². The van der Waals surface area contributed by atoms with Gasteiger partial charge in [0.15, 0.2) is 0 Å². The summed E-state index contributed by atoms with van der Waals surface area (Å²) in [7, 11) is 0. The molecule has 1 fully saturated rings. The molecule has 2 aliphatic rings. The van der Waals surface area contributed by atoms with Crippen molar-refractivity contribution in [1.82, 2.24) is 0 Å². The molecular formula is C9H14O2. The van der Waals surface area contributed by atoms with Crippen molar-refractivity contribution in [3.63, 3.8) is 0 Å². The molecule has 2 nitrogen and oxygen atoms in total. The largest absolute Gasteiger partial charge is 0.470 e. The maximum Gasteiger partial charge on any atom is 0.209 e. The predicted molar refractivity (Wildman–Crippen MR) is 42.0 cm³/mol. The smallest absolute Gasteiger partial charge is 0.209 e. The zero-order chi connectivity index (χ0) is 7.57. The van der Waals surface area contributed by atoms with Gasteiger partial charge >= 0.3 is 0 Å². The topological polar surface area (TPSA) is 18.5 Å². The summed E-state index contributed by atoms with van der Waals surface area (Å²) < 4.78 is 11.1.